The Morgan fingerprint density at radius 1 is 1.19 bits per heavy atom. The number of ether oxygens (including phenoxy) is 1. The number of aliphatic hydroxyl groups is 1. The third-order valence-corrected chi connectivity index (χ3v) is 3.88. The van der Waals surface area contributed by atoms with Crippen molar-refractivity contribution in [1.82, 2.24) is 4.90 Å². The number of nitrogens with zero attached hydrogens (tertiary/aromatic N) is 1. The summed E-state index contributed by atoms with van der Waals surface area (Å²) >= 11 is 0. The average Bonchev–Trinajstić information content (AvgIpc) is 2.51. The third-order valence-electron chi connectivity index (χ3n) is 3.88. The highest BCUT2D eigenvalue weighted by Crippen LogP contribution is 2.08. The molecule has 2 atom stereocenters. The third kappa shape index (κ3) is 7.60. The zero-order chi connectivity index (χ0) is 15.5. The number of aliphatic hydroxyl groups excluding tert-OH is 1. The van der Waals surface area contributed by atoms with Gasteiger partial charge in [-0.1, -0.05) is 50.6 Å². The molecule has 0 bridgehead atoms. The molecule has 0 aliphatic heterocycles. The zero-order valence-corrected chi connectivity index (χ0v) is 13.8. The van der Waals surface area contributed by atoms with Gasteiger partial charge in [-0.25, -0.2) is 0 Å². The summed E-state index contributed by atoms with van der Waals surface area (Å²) < 4.78 is 5.62. The van der Waals surface area contributed by atoms with Crippen molar-refractivity contribution in [2.75, 3.05) is 19.7 Å². The molecule has 0 aromatic heterocycles. The first-order valence-electron chi connectivity index (χ1n) is 8.21. The van der Waals surface area contributed by atoms with Crippen LogP contribution in [0.3, 0.4) is 0 Å². The molecular weight excluding hydrogens is 262 g/mol. The van der Waals surface area contributed by atoms with Gasteiger partial charge >= 0.3 is 0 Å². The first-order valence-corrected chi connectivity index (χ1v) is 8.21. The highest BCUT2D eigenvalue weighted by atomic mass is 16.5. The van der Waals surface area contributed by atoms with E-state index in [-0.39, 0.29) is 0 Å². The fourth-order valence-corrected chi connectivity index (χ4v) is 2.32. The first-order chi connectivity index (χ1) is 10.2. The van der Waals surface area contributed by atoms with Gasteiger partial charge in [0.2, 0.25) is 0 Å². The molecule has 0 radical (unpaired) electrons. The van der Waals surface area contributed by atoms with Crippen molar-refractivity contribution >= 4 is 0 Å². The van der Waals surface area contributed by atoms with E-state index in [1.165, 1.54) is 12.8 Å². The summed E-state index contributed by atoms with van der Waals surface area (Å²) in [5.41, 5.74) is 1.15. The van der Waals surface area contributed by atoms with Crippen LogP contribution in [0, 0.1) is 0 Å². The molecule has 3 heteroatoms. The maximum Gasteiger partial charge on any atom is 0.0900 e. The van der Waals surface area contributed by atoms with Gasteiger partial charge in [0, 0.05) is 12.6 Å². The van der Waals surface area contributed by atoms with Crippen LogP contribution in [0.2, 0.25) is 0 Å². The van der Waals surface area contributed by atoms with E-state index in [0.29, 0.717) is 25.8 Å². The van der Waals surface area contributed by atoms with Gasteiger partial charge in [-0.2, -0.15) is 0 Å². The fourth-order valence-electron chi connectivity index (χ4n) is 2.32. The molecule has 0 spiro atoms. The molecule has 0 saturated carbocycles. The van der Waals surface area contributed by atoms with Crippen LogP contribution in [0.4, 0.5) is 0 Å². The summed E-state index contributed by atoms with van der Waals surface area (Å²) in [7, 11) is 0. The lowest BCUT2D eigenvalue weighted by atomic mass is 10.1. The van der Waals surface area contributed by atoms with Crippen LogP contribution in [-0.2, 0) is 11.3 Å². The van der Waals surface area contributed by atoms with E-state index in [2.05, 4.69) is 25.7 Å². The van der Waals surface area contributed by atoms with Crippen LogP contribution >= 0.6 is 0 Å². The minimum absolute atomic E-state index is 0.397. The fraction of sp³-hybridized carbons (Fsp3) is 0.667. The molecule has 1 aromatic carbocycles. The van der Waals surface area contributed by atoms with Crippen LogP contribution in [0.5, 0.6) is 0 Å². The lowest BCUT2D eigenvalue weighted by Gasteiger charge is -2.30. The van der Waals surface area contributed by atoms with Gasteiger partial charge in [0.15, 0.2) is 0 Å². The van der Waals surface area contributed by atoms with Gasteiger partial charge in [-0.15, -0.1) is 0 Å². The molecule has 0 aliphatic carbocycles. The van der Waals surface area contributed by atoms with E-state index in [1.807, 2.05) is 30.3 Å². The highest BCUT2D eigenvalue weighted by Gasteiger charge is 2.16. The molecule has 0 fully saturated rings. The molecule has 1 N–H and O–H groups in total. The number of rotatable bonds is 11. The second-order valence-electron chi connectivity index (χ2n) is 5.76. The van der Waals surface area contributed by atoms with E-state index in [9.17, 15) is 5.11 Å². The summed E-state index contributed by atoms with van der Waals surface area (Å²) in [6.07, 6.45) is 3.07. The summed E-state index contributed by atoms with van der Waals surface area (Å²) in [4.78, 5) is 2.38. The molecule has 0 saturated heterocycles. The Morgan fingerprint density at radius 3 is 2.52 bits per heavy atom. The van der Waals surface area contributed by atoms with Crippen LogP contribution < -0.4 is 0 Å². The molecular formula is C18H31NO2. The first kappa shape index (κ1) is 18.1. The SMILES string of the molecule is CCCCN(C[C@@H](O)COCc1ccccc1)[C@@H](C)CC. The number of hydrogen-bond donors (Lipinski definition) is 1. The Labute approximate surface area is 129 Å². The summed E-state index contributed by atoms with van der Waals surface area (Å²) in [5, 5.41) is 10.2. The van der Waals surface area contributed by atoms with E-state index in [1.54, 1.807) is 0 Å². The second kappa shape index (κ2) is 10.8. The lowest BCUT2D eigenvalue weighted by molar-refractivity contribution is 0.00302. The Morgan fingerprint density at radius 2 is 1.90 bits per heavy atom. The topological polar surface area (TPSA) is 32.7 Å². The highest BCUT2D eigenvalue weighted by molar-refractivity contribution is 5.13. The molecule has 0 unspecified atom stereocenters. The molecule has 0 amide bonds. The van der Waals surface area contributed by atoms with Crippen molar-refractivity contribution in [3.8, 4) is 0 Å². The summed E-state index contributed by atoms with van der Waals surface area (Å²) in [6, 6.07) is 10.6. The van der Waals surface area contributed by atoms with Crippen LogP contribution in [-0.4, -0.2) is 41.8 Å². The average molecular weight is 293 g/mol. The lowest BCUT2D eigenvalue weighted by Crippen LogP contribution is -2.40. The molecule has 21 heavy (non-hydrogen) atoms. The smallest absolute Gasteiger partial charge is 0.0900 e. The molecule has 0 aliphatic rings. The predicted molar refractivity (Wildman–Crippen MR) is 88.3 cm³/mol. The van der Waals surface area contributed by atoms with Gasteiger partial charge in [-0.05, 0) is 31.9 Å². The van der Waals surface area contributed by atoms with Gasteiger partial charge < -0.3 is 9.84 Å². The van der Waals surface area contributed by atoms with Gasteiger partial charge in [0.1, 0.15) is 0 Å². The standard InChI is InChI=1S/C18H31NO2/c1-4-6-12-19(16(3)5-2)13-18(20)15-21-14-17-10-8-7-9-11-17/h7-11,16,18,20H,4-6,12-15H2,1-3H3/t16-,18+/m0/s1. The molecule has 0 heterocycles. The molecule has 1 rings (SSSR count). The van der Waals surface area contributed by atoms with Crippen LogP contribution in [0.25, 0.3) is 0 Å². The van der Waals surface area contributed by atoms with Crippen molar-refractivity contribution in [1.29, 1.82) is 0 Å². The Hall–Kier alpha value is -0.900. The Balaban J connectivity index is 2.30. The molecule has 3 nitrogen and oxygen atoms in total. The van der Waals surface area contributed by atoms with Gasteiger partial charge in [-0.3, -0.25) is 4.90 Å². The van der Waals surface area contributed by atoms with Crippen molar-refractivity contribution in [3.63, 3.8) is 0 Å². The molecule has 120 valence electrons. The monoisotopic (exact) mass is 293 g/mol. The molecule has 1 aromatic rings. The Bertz CT molecular complexity index is 355. The minimum Gasteiger partial charge on any atom is -0.389 e. The largest absolute Gasteiger partial charge is 0.389 e. The van der Waals surface area contributed by atoms with Crippen molar-refractivity contribution in [2.24, 2.45) is 0 Å². The number of hydrogen-bond acceptors (Lipinski definition) is 3. The Kier molecular flexibility index (Phi) is 9.31. The van der Waals surface area contributed by atoms with Crippen molar-refractivity contribution in [2.45, 2.75) is 58.8 Å². The van der Waals surface area contributed by atoms with Crippen molar-refractivity contribution in [3.05, 3.63) is 35.9 Å². The van der Waals surface area contributed by atoms with E-state index < -0.39 is 6.10 Å². The summed E-state index contributed by atoms with van der Waals surface area (Å²) in [6.45, 7) is 9.35. The van der Waals surface area contributed by atoms with Crippen LogP contribution in [0.15, 0.2) is 30.3 Å². The maximum absolute atomic E-state index is 10.2. The van der Waals surface area contributed by atoms with Gasteiger partial charge in [0.25, 0.3) is 0 Å². The summed E-state index contributed by atoms with van der Waals surface area (Å²) in [5.74, 6) is 0. The van der Waals surface area contributed by atoms with Crippen molar-refractivity contribution < 1.29 is 9.84 Å². The van der Waals surface area contributed by atoms with E-state index in [0.717, 1.165) is 18.5 Å². The number of unbranched alkanes of at least 4 members (excludes halogenated alkanes) is 1. The van der Waals surface area contributed by atoms with E-state index >= 15 is 0 Å². The van der Waals surface area contributed by atoms with Gasteiger partial charge in [0.05, 0.1) is 19.3 Å². The maximum atomic E-state index is 10.2. The quantitative estimate of drug-likeness (QED) is 0.678. The normalized spacial score (nSPS) is 14.3. The van der Waals surface area contributed by atoms with Crippen LogP contribution in [0.1, 0.15) is 45.6 Å². The predicted octanol–water partition coefficient (Wildman–Crippen LogP) is 3.46. The second-order valence-corrected chi connectivity index (χ2v) is 5.76. The zero-order valence-electron chi connectivity index (χ0n) is 13.8. The minimum atomic E-state index is -0.417. The number of benzene rings is 1. The van der Waals surface area contributed by atoms with E-state index in [4.69, 9.17) is 4.74 Å².